The molecule has 10 nitrogen and oxygen atoms in total. The molecule has 0 aliphatic rings. The van der Waals surface area contributed by atoms with Gasteiger partial charge in [0, 0.05) is 12.1 Å². The fraction of sp³-hybridized carbons (Fsp3) is 0.333. The largest absolute Gasteiger partial charge is 0.491 e. The summed E-state index contributed by atoms with van der Waals surface area (Å²) in [5.74, 6) is -0.605. The van der Waals surface area contributed by atoms with E-state index < -0.39 is 17.3 Å². The number of aryl methyl sites for hydroxylation is 1. The number of carboxylic acids is 1. The highest BCUT2D eigenvalue weighted by Crippen LogP contribution is 2.25. The number of ether oxygens (including phenoxy) is 1. The molecule has 0 bridgehead atoms. The first kappa shape index (κ1) is 24.7. The molecule has 0 aliphatic carbocycles. The average molecular weight is 469 g/mol. The third kappa shape index (κ3) is 6.10. The summed E-state index contributed by atoms with van der Waals surface area (Å²) in [7, 11) is 0. The Bertz CT molecular complexity index is 1350. The van der Waals surface area contributed by atoms with Gasteiger partial charge < -0.3 is 14.9 Å². The highest BCUT2D eigenvalue weighted by molar-refractivity contribution is 5.66. The number of hydrogen-bond acceptors (Lipinski definition) is 6. The molecule has 0 unspecified atom stereocenters. The fourth-order valence-electron chi connectivity index (χ4n) is 3.32. The smallest absolute Gasteiger partial charge is 0.335 e. The number of aromatic amines is 1. The second-order valence-electron chi connectivity index (χ2n) is 8.13. The normalized spacial score (nSPS) is 11.7. The van der Waals surface area contributed by atoms with Crippen molar-refractivity contribution in [1.29, 1.82) is 0 Å². The van der Waals surface area contributed by atoms with E-state index in [0.717, 1.165) is 15.7 Å². The van der Waals surface area contributed by atoms with E-state index in [0.29, 0.717) is 17.0 Å². The summed E-state index contributed by atoms with van der Waals surface area (Å²) in [6.07, 6.45) is -0.458. The molecule has 3 aromatic rings. The maximum Gasteiger partial charge on any atom is 0.335 e. The number of aliphatic carboxylic acids is 1. The number of carboxylic acid groups (broad SMARTS) is 1. The van der Waals surface area contributed by atoms with Crippen LogP contribution in [0.25, 0.3) is 0 Å². The maximum absolute atomic E-state index is 13.2. The molecule has 0 spiro atoms. The first-order chi connectivity index (χ1) is 16.2. The molecule has 2 aromatic carbocycles. The number of H-pyrrole nitrogens is 1. The van der Waals surface area contributed by atoms with Gasteiger partial charge in [-0.05, 0) is 44.5 Å². The van der Waals surface area contributed by atoms with Crippen molar-refractivity contribution >= 4 is 11.7 Å². The number of carbonyl (C=O) groups is 1. The summed E-state index contributed by atoms with van der Waals surface area (Å²) in [4.78, 5) is 43.8. The van der Waals surface area contributed by atoms with Gasteiger partial charge in [-0.3, -0.25) is 14.3 Å². The van der Waals surface area contributed by atoms with Gasteiger partial charge >= 0.3 is 17.3 Å². The lowest BCUT2D eigenvalue weighted by Crippen LogP contribution is -2.50. The molecule has 1 aromatic heterocycles. The van der Waals surface area contributed by atoms with Crippen LogP contribution in [0.3, 0.4) is 0 Å². The zero-order chi connectivity index (χ0) is 24.8. The summed E-state index contributed by atoms with van der Waals surface area (Å²) >= 11 is 0. The summed E-state index contributed by atoms with van der Waals surface area (Å²) in [5.41, 5.74) is 1.34. The quantitative estimate of drug-likeness (QED) is 0.437. The first-order valence-electron chi connectivity index (χ1n) is 10.8. The molecular formula is C24H28N4O6. The van der Waals surface area contributed by atoms with E-state index in [1.807, 2.05) is 45.0 Å². The van der Waals surface area contributed by atoms with Crippen molar-refractivity contribution in [3.8, 4) is 5.75 Å². The van der Waals surface area contributed by atoms with E-state index in [2.05, 4.69) is 9.98 Å². The van der Waals surface area contributed by atoms with Gasteiger partial charge in [-0.1, -0.05) is 29.8 Å². The minimum absolute atomic E-state index is 0.00330. The van der Waals surface area contributed by atoms with Gasteiger partial charge in [0.2, 0.25) is 5.62 Å². The second kappa shape index (κ2) is 10.8. The first-order valence-corrected chi connectivity index (χ1v) is 10.8. The van der Waals surface area contributed by atoms with Crippen molar-refractivity contribution in [2.75, 3.05) is 0 Å². The Balaban J connectivity index is 2.16. The molecule has 3 rings (SSSR count). The topological polar surface area (TPSA) is 139 Å². The minimum atomic E-state index is -1.12. The fourth-order valence-corrected chi connectivity index (χ4v) is 3.32. The SMILES string of the molecule is Cc1ccc(Cn2c(=O)n(CCC(=O)O)c(=O)[nH]/c2=N\c2ccc(OC(C)C)c(CO)c2)cc1. The van der Waals surface area contributed by atoms with Crippen LogP contribution in [-0.2, 0) is 24.5 Å². The van der Waals surface area contributed by atoms with Crippen molar-refractivity contribution in [2.45, 2.75) is 53.0 Å². The van der Waals surface area contributed by atoms with Crippen LogP contribution in [0.4, 0.5) is 5.69 Å². The molecule has 0 fully saturated rings. The lowest BCUT2D eigenvalue weighted by Gasteiger charge is -2.14. The van der Waals surface area contributed by atoms with Crippen LogP contribution in [0.1, 0.15) is 37.0 Å². The molecule has 0 aliphatic heterocycles. The van der Waals surface area contributed by atoms with Crippen LogP contribution in [0.5, 0.6) is 5.75 Å². The van der Waals surface area contributed by atoms with Crippen LogP contribution < -0.4 is 21.7 Å². The average Bonchev–Trinajstić information content (AvgIpc) is 2.78. The molecule has 10 heteroatoms. The van der Waals surface area contributed by atoms with Crippen molar-refractivity contribution in [1.82, 2.24) is 14.1 Å². The Kier molecular flexibility index (Phi) is 7.85. The number of rotatable bonds is 9. The van der Waals surface area contributed by atoms with Gasteiger partial charge in [0.25, 0.3) is 0 Å². The third-order valence-electron chi connectivity index (χ3n) is 5.00. The third-order valence-corrected chi connectivity index (χ3v) is 5.00. The molecule has 0 radical (unpaired) electrons. The van der Waals surface area contributed by atoms with E-state index >= 15 is 0 Å². The molecule has 3 N–H and O–H groups in total. The van der Waals surface area contributed by atoms with Gasteiger partial charge in [-0.2, -0.15) is 0 Å². The Morgan fingerprint density at radius 2 is 1.82 bits per heavy atom. The Hall–Kier alpha value is -3.92. The summed E-state index contributed by atoms with van der Waals surface area (Å²) in [6.45, 7) is 5.26. The van der Waals surface area contributed by atoms with E-state index in [1.54, 1.807) is 18.2 Å². The van der Waals surface area contributed by atoms with Crippen molar-refractivity contribution in [3.05, 3.63) is 85.7 Å². The number of nitrogens with zero attached hydrogens (tertiary/aromatic N) is 3. The standard InChI is InChI=1S/C24H28N4O6/c1-15(2)34-20-9-8-19(12-18(20)14-29)25-22-26-23(32)27(11-10-21(30)31)24(33)28(22)13-17-6-4-16(3)5-7-17/h4-9,12,15,29H,10-11,13-14H2,1-3H3,(H,30,31)(H,25,26,32). The highest BCUT2D eigenvalue weighted by atomic mass is 16.5. The van der Waals surface area contributed by atoms with E-state index in [1.165, 1.54) is 4.57 Å². The number of benzene rings is 2. The zero-order valence-electron chi connectivity index (χ0n) is 19.3. The molecule has 34 heavy (non-hydrogen) atoms. The van der Waals surface area contributed by atoms with Crippen LogP contribution in [0.15, 0.2) is 57.0 Å². The predicted octanol–water partition coefficient (Wildman–Crippen LogP) is 1.68. The van der Waals surface area contributed by atoms with E-state index in [9.17, 15) is 19.5 Å². The molecule has 180 valence electrons. The Morgan fingerprint density at radius 3 is 2.44 bits per heavy atom. The number of nitrogens with one attached hydrogen (secondary N) is 1. The summed E-state index contributed by atoms with van der Waals surface area (Å²) < 4.78 is 7.82. The van der Waals surface area contributed by atoms with Gasteiger partial charge in [0.05, 0.1) is 31.4 Å². The van der Waals surface area contributed by atoms with E-state index in [4.69, 9.17) is 9.84 Å². The molecule has 0 atom stereocenters. The van der Waals surface area contributed by atoms with Gasteiger partial charge in [-0.25, -0.2) is 19.1 Å². The van der Waals surface area contributed by atoms with Crippen molar-refractivity contribution in [3.63, 3.8) is 0 Å². The monoisotopic (exact) mass is 468 g/mol. The molecular weight excluding hydrogens is 440 g/mol. The number of aromatic nitrogens is 3. The lowest BCUT2D eigenvalue weighted by atomic mass is 10.1. The van der Waals surface area contributed by atoms with Crippen LogP contribution in [0.2, 0.25) is 0 Å². The highest BCUT2D eigenvalue weighted by Gasteiger charge is 2.12. The Labute approximate surface area is 195 Å². The zero-order valence-corrected chi connectivity index (χ0v) is 19.3. The lowest BCUT2D eigenvalue weighted by molar-refractivity contribution is -0.137. The molecule has 0 saturated heterocycles. The number of hydrogen-bond donors (Lipinski definition) is 3. The van der Waals surface area contributed by atoms with Gasteiger partial charge in [-0.15, -0.1) is 0 Å². The minimum Gasteiger partial charge on any atom is -0.491 e. The molecule has 1 heterocycles. The molecule has 0 amide bonds. The maximum atomic E-state index is 13.2. The predicted molar refractivity (Wildman–Crippen MR) is 125 cm³/mol. The van der Waals surface area contributed by atoms with Crippen LogP contribution >= 0.6 is 0 Å². The number of aliphatic hydroxyl groups is 1. The number of aliphatic hydroxyl groups excluding tert-OH is 1. The van der Waals surface area contributed by atoms with E-state index in [-0.39, 0.29) is 37.8 Å². The molecule has 0 saturated carbocycles. The second-order valence-corrected chi connectivity index (χ2v) is 8.13. The summed E-state index contributed by atoms with van der Waals surface area (Å²) in [5, 5.41) is 18.7. The van der Waals surface area contributed by atoms with Gasteiger partial charge in [0.1, 0.15) is 5.75 Å². The van der Waals surface area contributed by atoms with Crippen molar-refractivity contribution < 1.29 is 19.7 Å². The van der Waals surface area contributed by atoms with Crippen LogP contribution in [0, 0.1) is 6.92 Å². The summed E-state index contributed by atoms with van der Waals surface area (Å²) in [6, 6.07) is 12.5. The Morgan fingerprint density at radius 1 is 1.12 bits per heavy atom. The van der Waals surface area contributed by atoms with Gasteiger partial charge in [0.15, 0.2) is 0 Å². The van der Waals surface area contributed by atoms with Crippen molar-refractivity contribution in [2.24, 2.45) is 4.99 Å². The van der Waals surface area contributed by atoms with Crippen LogP contribution in [-0.4, -0.2) is 36.4 Å².